The van der Waals surface area contributed by atoms with Gasteiger partial charge in [0.15, 0.2) is 5.78 Å². The van der Waals surface area contributed by atoms with Crippen LogP contribution in [0.25, 0.3) is 0 Å². The molecule has 3 atom stereocenters. The van der Waals surface area contributed by atoms with E-state index < -0.39 is 0 Å². The van der Waals surface area contributed by atoms with Crippen LogP contribution in [-0.4, -0.2) is 38.0 Å². The molecule has 0 aromatic carbocycles. The molecule has 1 aliphatic heterocycles. The normalized spacial score (nSPS) is 29.2. The Morgan fingerprint density at radius 3 is 2.68 bits per heavy atom. The Balaban J connectivity index is 1.73. The minimum absolute atomic E-state index is 0.0434. The highest BCUT2D eigenvalue weighted by atomic mass is 16.2. The summed E-state index contributed by atoms with van der Waals surface area (Å²) in [5.41, 5.74) is 0. The van der Waals surface area contributed by atoms with Gasteiger partial charge in [-0.15, -0.1) is 0 Å². The second kappa shape index (κ2) is 8.93. The first-order valence-electron chi connectivity index (χ1n) is 8.57. The molecule has 0 saturated carbocycles. The third-order valence-electron chi connectivity index (χ3n) is 4.94. The van der Waals surface area contributed by atoms with Crippen molar-refractivity contribution in [1.82, 2.24) is 16.0 Å². The Bertz CT molecular complexity index is 401. The maximum Gasteiger partial charge on any atom is 0.314 e. The molecule has 3 unspecified atom stereocenters. The molecule has 3 N–H and O–H groups in total. The Morgan fingerprint density at radius 1 is 1.14 bits per heavy atom. The van der Waals surface area contributed by atoms with Gasteiger partial charge in [0.25, 0.3) is 0 Å². The van der Waals surface area contributed by atoms with Crippen LogP contribution < -0.4 is 16.0 Å². The van der Waals surface area contributed by atoms with Crippen molar-refractivity contribution >= 4 is 11.8 Å². The van der Waals surface area contributed by atoms with Gasteiger partial charge >= 0.3 is 6.03 Å². The number of nitrogens with one attached hydrogen (secondary N) is 3. The van der Waals surface area contributed by atoms with Crippen LogP contribution in [0.1, 0.15) is 44.9 Å². The number of piperidine rings is 1. The average Bonchev–Trinajstić information content (AvgIpc) is 2.52. The van der Waals surface area contributed by atoms with Crippen LogP contribution >= 0.6 is 0 Å². The molecule has 2 rings (SSSR count). The molecular formula is C17H29N3O2. The fourth-order valence-corrected chi connectivity index (χ4v) is 3.55. The quantitative estimate of drug-likeness (QED) is 0.696. The summed E-state index contributed by atoms with van der Waals surface area (Å²) in [5, 5.41) is 8.64. The summed E-state index contributed by atoms with van der Waals surface area (Å²) in [6, 6.07) is 0.264. The van der Waals surface area contributed by atoms with E-state index in [9.17, 15) is 9.59 Å². The van der Waals surface area contributed by atoms with Gasteiger partial charge in [0.1, 0.15) is 0 Å². The predicted molar refractivity (Wildman–Crippen MR) is 87.7 cm³/mol. The highest BCUT2D eigenvalue weighted by Crippen LogP contribution is 2.28. The maximum absolute atomic E-state index is 12.1. The Labute approximate surface area is 133 Å². The van der Waals surface area contributed by atoms with Gasteiger partial charge in [0.05, 0.1) is 6.54 Å². The van der Waals surface area contributed by atoms with Gasteiger partial charge in [0, 0.05) is 25.6 Å². The van der Waals surface area contributed by atoms with Crippen molar-refractivity contribution in [2.45, 2.75) is 51.0 Å². The molecule has 5 nitrogen and oxygen atoms in total. The number of urea groups is 1. The maximum atomic E-state index is 12.1. The first-order valence-corrected chi connectivity index (χ1v) is 8.57. The second-order valence-electron chi connectivity index (χ2n) is 6.43. The highest BCUT2D eigenvalue weighted by molar-refractivity contribution is 5.87. The molecule has 1 heterocycles. The minimum atomic E-state index is -0.294. The number of carbonyl (C=O) groups excluding carboxylic acids is 2. The number of ketones is 1. The average molecular weight is 307 g/mol. The van der Waals surface area contributed by atoms with E-state index in [4.69, 9.17) is 0 Å². The van der Waals surface area contributed by atoms with Crippen molar-refractivity contribution in [3.8, 4) is 0 Å². The lowest BCUT2D eigenvalue weighted by Crippen LogP contribution is -2.47. The number of allylic oxidation sites excluding steroid dienone is 2. The molecule has 2 aliphatic rings. The Hall–Kier alpha value is -1.36. The summed E-state index contributed by atoms with van der Waals surface area (Å²) >= 11 is 0. The third kappa shape index (κ3) is 5.13. The van der Waals surface area contributed by atoms with Crippen LogP contribution in [0, 0.1) is 11.8 Å². The zero-order chi connectivity index (χ0) is 15.8. The van der Waals surface area contributed by atoms with E-state index in [0.717, 1.165) is 25.3 Å². The monoisotopic (exact) mass is 307 g/mol. The Kier molecular flexibility index (Phi) is 6.90. The Morgan fingerprint density at radius 2 is 1.95 bits per heavy atom. The van der Waals surface area contributed by atoms with E-state index in [1.54, 1.807) is 7.05 Å². The smallest absolute Gasteiger partial charge is 0.314 e. The van der Waals surface area contributed by atoms with E-state index in [1.807, 2.05) is 0 Å². The van der Waals surface area contributed by atoms with Gasteiger partial charge in [-0.1, -0.05) is 12.2 Å². The van der Waals surface area contributed by atoms with E-state index in [-0.39, 0.29) is 24.3 Å². The van der Waals surface area contributed by atoms with Gasteiger partial charge in [-0.25, -0.2) is 4.79 Å². The fraction of sp³-hybridized carbons (Fsp3) is 0.765. The third-order valence-corrected chi connectivity index (χ3v) is 4.94. The number of carbonyl (C=O) groups is 2. The van der Waals surface area contributed by atoms with Crippen molar-refractivity contribution in [2.24, 2.45) is 11.8 Å². The van der Waals surface area contributed by atoms with Gasteiger partial charge < -0.3 is 16.0 Å². The zero-order valence-electron chi connectivity index (χ0n) is 13.6. The van der Waals surface area contributed by atoms with E-state index >= 15 is 0 Å². The van der Waals surface area contributed by atoms with Gasteiger partial charge in [-0.2, -0.15) is 0 Å². The first-order chi connectivity index (χ1) is 10.7. The van der Waals surface area contributed by atoms with Crippen LogP contribution in [-0.2, 0) is 4.79 Å². The topological polar surface area (TPSA) is 70.2 Å². The van der Waals surface area contributed by atoms with Crippen molar-refractivity contribution in [3.05, 3.63) is 12.2 Å². The largest absolute Gasteiger partial charge is 0.341 e. The summed E-state index contributed by atoms with van der Waals surface area (Å²) in [6.45, 7) is 0.885. The molecule has 0 aromatic rings. The lowest BCUT2D eigenvalue weighted by molar-refractivity contribution is -0.122. The van der Waals surface area contributed by atoms with Crippen LogP contribution in [0.3, 0.4) is 0 Å². The van der Waals surface area contributed by atoms with Gasteiger partial charge in [0.2, 0.25) is 0 Å². The fourth-order valence-electron chi connectivity index (χ4n) is 3.55. The predicted octanol–water partition coefficient (Wildman–Crippen LogP) is 1.99. The van der Waals surface area contributed by atoms with E-state index in [1.165, 1.54) is 32.1 Å². The number of hydrogen-bond donors (Lipinski definition) is 3. The van der Waals surface area contributed by atoms with Crippen molar-refractivity contribution < 1.29 is 9.59 Å². The molecule has 0 radical (unpaired) electrons. The first kappa shape index (κ1) is 17.0. The van der Waals surface area contributed by atoms with Crippen LogP contribution in [0.2, 0.25) is 0 Å². The molecule has 0 bridgehead atoms. The molecule has 2 amide bonds. The number of rotatable bonds is 4. The van der Waals surface area contributed by atoms with Gasteiger partial charge in [-0.3, -0.25) is 4.79 Å². The number of amides is 2. The molecule has 124 valence electrons. The number of Topliss-reactive ketones (excluding diaryl/α,β-unsaturated/α-hetero) is 1. The summed E-state index contributed by atoms with van der Waals surface area (Å²) in [5.74, 6) is 0.919. The standard InChI is InChI=1S/C17H29N3O2/c1-18-17(22)20-12-16(21)14-9-10-15(19-11-14)13-7-5-3-2-4-6-8-13/h2-3,13-15,19H,4-12H2,1H3,(H2,18,20,22). The lowest BCUT2D eigenvalue weighted by atomic mass is 9.81. The number of hydrogen-bond acceptors (Lipinski definition) is 3. The summed E-state index contributed by atoms with van der Waals surface area (Å²) < 4.78 is 0. The molecular weight excluding hydrogens is 278 g/mol. The van der Waals surface area contributed by atoms with E-state index in [0.29, 0.717) is 6.04 Å². The lowest BCUT2D eigenvalue weighted by Gasteiger charge is -2.35. The molecule has 0 spiro atoms. The highest BCUT2D eigenvalue weighted by Gasteiger charge is 2.29. The molecule has 1 saturated heterocycles. The SMILES string of the molecule is CNC(=O)NCC(=O)C1CCC(C2CCC=CCCC2)NC1. The minimum Gasteiger partial charge on any atom is -0.341 e. The van der Waals surface area contributed by atoms with Crippen molar-refractivity contribution in [2.75, 3.05) is 20.1 Å². The van der Waals surface area contributed by atoms with Crippen LogP contribution in [0.4, 0.5) is 4.79 Å². The second-order valence-corrected chi connectivity index (χ2v) is 6.43. The molecule has 1 fully saturated rings. The van der Waals surface area contributed by atoms with Gasteiger partial charge in [-0.05, 0) is 50.9 Å². The summed E-state index contributed by atoms with van der Waals surface area (Å²) in [7, 11) is 1.55. The van der Waals surface area contributed by atoms with Crippen LogP contribution in [0.15, 0.2) is 12.2 Å². The summed E-state index contributed by atoms with van der Waals surface area (Å²) in [4.78, 5) is 23.2. The van der Waals surface area contributed by atoms with E-state index in [2.05, 4.69) is 28.1 Å². The zero-order valence-corrected chi connectivity index (χ0v) is 13.6. The molecule has 5 heteroatoms. The molecule has 22 heavy (non-hydrogen) atoms. The summed E-state index contributed by atoms with van der Waals surface area (Å²) in [6.07, 6.45) is 12.8. The van der Waals surface area contributed by atoms with Crippen molar-refractivity contribution in [1.29, 1.82) is 0 Å². The van der Waals surface area contributed by atoms with Crippen LogP contribution in [0.5, 0.6) is 0 Å². The van der Waals surface area contributed by atoms with Crippen molar-refractivity contribution in [3.63, 3.8) is 0 Å². The molecule has 1 aliphatic carbocycles. The molecule has 0 aromatic heterocycles.